The van der Waals surface area contributed by atoms with Gasteiger partial charge in [-0.15, -0.1) is 0 Å². The maximum atomic E-state index is 12.5. The number of ether oxygens (including phenoxy) is 2. The number of morpholine rings is 1. The highest BCUT2D eigenvalue weighted by atomic mass is 16.5. The summed E-state index contributed by atoms with van der Waals surface area (Å²) >= 11 is 0. The van der Waals surface area contributed by atoms with Crippen LogP contribution in [-0.2, 0) is 4.74 Å². The van der Waals surface area contributed by atoms with Gasteiger partial charge in [-0.05, 0) is 30.3 Å². The highest BCUT2D eigenvalue weighted by Gasteiger charge is 2.19. The first-order chi connectivity index (χ1) is 12.2. The van der Waals surface area contributed by atoms with E-state index in [1.54, 1.807) is 60.5 Å². The minimum absolute atomic E-state index is 0.0840. The Morgan fingerprint density at radius 2 is 1.76 bits per heavy atom. The maximum Gasteiger partial charge on any atom is 0.255 e. The zero-order valence-corrected chi connectivity index (χ0v) is 14.0. The summed E-state index contributed by atoms with van der Waals surface area (Å²) in [6.07, 6.45) is 0. The van der Waals surface area contributed by atoms with Crippen molar-refractivity contribution in [3.05, 3.63) is 59.7 Å². The minimum Gasteiger partial charge on any atom is -0.497 e. The fourth-order valence-corrected chi connectivity index (χ4v) is 2.65. The van der Waals surface area contributed by atoms with Crippen LogP contribution in [-0.4, -0.2) is 50.1 Å². The SMILES string of the molecule is COc1cccc(NC(=O)c2cccc(C(=O)N3CCOCC3)c2)c1. The molecule has 1 aliphatic rings. The molecule has 130 valence electrons. The van der Waals surface area contributed by atoms with Gasteiger partial charge in [0.15, 0.2) is 0 Å². The Morgan fingerprint density at radius 1 is 1.04 bits per heavy atom. The summed E-state index contributed by atoms with van der Waals surface area (Å²) in [5.74, 6) is 0.304. The summed E-state index contributed by atoms with van der Waals surface area (Å²) in [6, 6.07) is 13.9. The van der Waals surface area contributed by atoms with E-state index in [4.69, 9.17) is 9.47 Å². The van der Waals surface area contributed by atoms with Crippen LogP contribution in [0.15, 0.2) is 48.5 Å². The predicted molar refractivity (Wildman–Crippen MR) is 94.1 cm³/mol. The first-order valence-electron chi connectivity index (χ1n) is 8.10. The Labute approximate surface area is 146 Å². The van der Waals surface area contributed by atoms with Gasteiger partial charge in [-0.3, -0.25) is 9.59 Å². The van der Waals surface area contributed by atoms with Crippen molar-refractivity contribution in [2.75, 3.05) is 38.7 Å². The molecule has 0 spiro atoms. The van der Waals surface area contributed by atoms with Gasteiger partial charge < -0.3 is 19.7 Å². The van der Waals surface area contributed by atoms with E-state index >= 15 is 0 Å². The molecule has 3 rings (SSSR count). The molecule has 25 heavy (non-hydrogen) atoms. The Kier molecular flexibility index (Phi) is 5.30. The molecule has 0 bridgehead atoms. The van der Waals surface area contributed by atoms with Crippen molar-refractivity contribution in [2.45, 2.75) is 0 Å². The number of benzene rings is 2. The fourth-order valence-electron chi connectivity index (χ4n) is 2.65. The zero-order valence-electron chi connectivity index (χ0n) is 14.0. The molecule has 0 radical (unpaired) electrons. The van der Waals surface area contributed by atoms with Gasteiger partial charge in [0.2, 0.25) is 0 Å². The van der Waals surface area contributed by atoms with E-state index in [-0.39, 0.29) is 11.8 Å². The number of carbonyl (C=O) groups excluding carboxylic acids is 2. The summed E-state index contributed by atoms with van der Waals surface area (Å²) in [5, 5.41) is 2.81. The molecule has 0 saturated carbocycles. The van der Waals surface area contributed by atoms with Gasteiger partial charge in [-0.2, -0.15) is 0 Å². The van der Waals surface area contributed by atoms with Gasteiger partial charge in [0.1, 0.15) is 5.75 Å². The zero-order chi connectivity index (χ0) is 17.6. The van der Waals surface area contributed by atoms with Crippen molar-refractivity contribution in [1.82, 2.24) is 4.90 Å². The van der Waals surface area contributed by atoms with E-state index in [0.717, 1.165) is 0 Å². The molecule has 6 heteroatoms. The average Bonchev–Trinajstić information content (AvgIpc) is 2.68. The number of rotatable bonds is 4. The lowest BCUT2D eigenvalue weighted by molar-refractivity contribution is 0.0303. The number of hydrogen-bond donors (Lipinski definition) is 1. The Hall–Kier alpha value is -2.86. The fraction of sp³-hybridized carbons (Fsp3) is 0.263. The Bertz CT molecular complexity index is 770. The van der Waals surface area contributed by atoms with Gasteiger partial charge in [-0.1, -0.05) is 12.1 Å². The summed E-state index contributed by atoms with van der Waals surface area (Å²) in [5.41, 5.74) is 1.57. The van der Waals surface area contributed by atoms with Crippen molar-refractivity contribution >= 4 is 17.5 Å². The Morgan fingerprint density at radius 3 is 2.52 bits per heavy atom. The normalized spacial score (nSPS) is 14.0. The van der Waals surface area contributed by atoms with Crippen LogP contribution >= 0.6 is 0 Å². The molecular weight excluding hydrogens is 320 g/mol. The molecule has 2 aromatic rings. The van der Waals surface area contributed by atoms with Crippen molar-refractivity contribution in [3.63, 3.8) is 0 Å². The Balaban J connectivity index is 1.73. The largest absolute Gasteiger partial charge is 0.497 e. The van der Waals surface area contributed by atoms with Crippen LogP contribution in [0.25, 0.3) is 0 Å². The van der Waals surface area contributed by atoms with E-state index in [1.165, 1.54) is 0 Å². The van der Waals surface area contributed by atoms with Crippen molar-refractivity contribution in [1.29, 1.82) is 0 Å². The molecule has 1 aliphatic heterocycles. The molecule has 1 fully saturated rings. The first kappa shape index (κ1) is 17.0. The summed E-state index contributed by atoms with van der Waals surface area (Å²) in [7, 11) is 1.57. The van der Waals surface area contributed by atoms with Crippen molar-refractivity contribution in [3.8, 4) is 5.75 Å². The second-order valence-electron chi connectivity index (χ2n) is 5.67. The van der Waals surface area contributed by atoms with Gasteiger partial charge in [-0.25, -0.2) is 0 Å². The lowest BCUT2D eigenvalue weighted by atomic mass is 10.1. The molecule has 0 aromatic heterocycles. The van der Waals surface area contributed by atoms with E-state index in [1.807, 2.05) is 0 Å². The second-order valence-corrected chi connectivity index (χ2v) is 5.67. The summed E-state index contributed by atoms with van der Waals surface area (Å²) < 4.78 is 10.4. The number of amides is 2. The van der Waals surface area contributed by atoms with Crippen molar-refractivity contribution < 1.29 is 19.1 Å². The van der Waals surface area contributed by atoms with Gasteiger partial charge in [0.05, 0.1) is 20.3 Å². The standard InChI is InChI=1S/C19H20N2O4/c1-24-17-7-3-6-16(13-17)20-18(22)14-4-2-5-15(12-14)19(23)21-8-10-25-11-9-21/h2-7,12-13H,8-11H2,1H3,(H,20,22). The van der Waals surface area contributed by atoms with Gasteiger partial charge in [0.25, 0.3) is 11.8 Å². The smallest absolute Gasteiger partial charge is 0.255 e. The topological polar surface area (TPSA) is 67.9 Å². The molecule has 0 unspecified atom stereocenters. The van der Waals surface area contributed by atoms with Gasteiger partial charge >= 0.3 is 0 Å². The summed E-state index contributed by atoms with van der Waals surface area (Å²) in [4.78, 5) is 26.7. The molecule has 1 N–H and O–H groups in total. The quantitative estimate of drug-likeness (QED) is 0.928. The van der Waals surface area contributed by atoms with E-state index in [9.17, 15) is 9.59 Å². The molecular formula is C19H20N2O4. The van der Waals surface area contributed by atoms with Crippen LogP contribution in [0.5, 0.6) is 5.75 Å². The summed E-state index contributed by atoms with van der Waals surface area (Å²) in [6.45, 7) is 2.22. The van der Waals surface area contributed by atoms with Gasteiger partial charge in [0, 0.05) is 36.0 Å². The molecule has 0 aliphatic carbocycles. The highest BCUT2D eigenvalue weighted by molar-refractivity contribution is 6.06. The van der Waals surface area contributed by atoms with E-state index < -0.39 is 0 Å². The third-order valence-corrected chi connectivity index (χ3v) is 4.00. The molecule has 1 saturated heterocycles. The number of hydrogen-bond acceptors (Lipinski definition) is 4. The van der Waals surface area contributed by atoms with Crippen LogP contribution in [0, 0.1) is 0 Å². The molecule has 1 heterocycles. The van der Waals surface area contributed by atoms with Crippen LogP contribution in [0.3, 0.4) is 0 Å². The minimum atomic E-state index is -0.273. The monoisotopic (exact) mass is 340 g/mol. The third kappa shape index (κ3) is 4.16. The van der Waals surface area contributed by atoms with E-state index in [2.05, 4.69) is 5.32 Å². The maximum absolute atomic E-state index is 12.5. The molecule has 2 aromatic carbocycles. The lowest BCUT2D eigenvalue weighted by Crippen LogP contribution is -2.40. The highest BCUT2D eigenvalue weighted by Crippen LogP contribution is 2.18. The molecule has 2 amide bonds. The average molecular weight is 340 g/mol. The number of carbonyl (C=O) groups is 2. The third-order valence-electron chi connectivity index (χ3n) is 4.00. The number of nitrogens with one attached hydrogen (secondary N) is 1. The van der Waals surface area contributed by atoms with Crippen LogP contribution in [0.4, 0.5) is 5.69 Å². The first-order valence-corrected chi connectivity index (χ1v) is 8.10. The molecule has 0 atom stereocenters. The lowest BCUT2D eigenvalue weighted by Gasteiger charge is -2.27. The van der Waals surface area contributed by atoms with Crippen LogP contribution < -0.4 is 10.1 Å². The number of anilines is 1. The molecule has 6 nitrogen and oxygen atoms in total. The van der Waals surface area contributed by atoms with Crippen LogP contribution in [0.1, 0.15) is 20.7 Å². The van der Waals surface area contributed by atoms with Crippen molar-refractivity contribution in [2.24, 2.45) is 0 Å². The second kappa shape index (κ2) is 7.81. The predicted octanol–water partition coefficient (Wildman–Crippen LogP) is 2.42. The number of nitrogens with zero attached hydrogens (tertiary/aromatic N) is 1. The van der Waals surface area contributed by atoms with E-state index in [0.29, 0.717) is 48.9 Å². The van der Waals surface area contributed by atoms with Crippen LogP contribution in [0.2, 0.25) is 0 Å². The number of methoxy groups -OCH3 is 1.